The Morgan fingerprint density at radius 2 is 2.15 bits per heavy atom. The number of carbonyl (C=O) groups is 1. The van der Waals surface area contributed by atoms with Crippen LogP contribution in [0.5, 0.6) is 0 Å². The molecule has 6 heteroatoms. The van der Waals surface area contributed by atoms with E-state index in [0.29, 0.717) is 15.5 Å². The van der Waals surface area contributed by atoms with Crippen molar-refractivity contribution in [1.82, 2.24) is 4.98 Å². The van der Waals surface area contributed by atoms with Crippen molar-refractivity contribution in [2.24, 2.45) is 0 Å². The Labute approximate surface area is 127 Å². The number of hydrogen-bond donors (Lipinski definition) is 1. The molecular formula is C14H20N2O2S2. The fourth-order valence-electron chi connectivity index (χ4n) is 2.45. The molecule has 0 spiro atoms. The topological polar surface area (TPSA) is 53.4 Å². The Kier molecular flexibility index (Phi) is 3.71. The Balaban J connectivity index is 1.83. The summed E-state index contributed by atoms with van der Waals surface area (Å²) in [7, 11) is 0. The third-order valence-electron chi connectivity index (χ3n) is 3.91. The van der Waals surface area contributed by atoms with Crippen molar-refractivity contribution >= 4 is 34.2 Å². The largest absolute Gasteiger partial charge is 0.477 e. The third-order valence-corrected chi connectivity index (χ3v) is 6.40. The molecule has 0 aromatic carbocycles. The first-order valence-corrected chi connectivity index (χ1v) is 8.89. The van der Waals surface area contributed by atoms with Crippen LogP contribution in [-0.2, 0) is 0 Å². The summed E-state index contributed by atoms with van der Waals surface area (Å²) >= 11 is 3.35. The van der Waals surface area contributed by atoms with Crippen LogP contribution in [-0.4, -0.2) is 39.6 Å². The van der Waals surface area contributed by atoms with Crippen LogP contribution in [0.15, 0.2) is 0 Å². The number of aromatic carboxylic acids is 1. The minimum absolute atomic E-state index is 0.307. The first-order chi connectivity index (χ1) is 9.46. The van der Waals surface area contributed by atoms with E-state index < -0.39 is 5.97 Å². The number of rotatable bonds is 3. The number of hydrogen-bond acceptors (Lipinski definition) is 5. The normalized spacial score (nSPS) is 22.6. The maximum absolute atomic E-state index is 11.4. The molecule has 1 aliphatic heterocycles. The van der Waals surface area contributed by atoms with Gasteiger partial charge in [0.2, 0.25) is 0 Å². The Morgan fingerprint density at radius 3 is 2.80 bits per heavy atom. The lowest BCUT2D eigenvalue weighted by Crippen LogP contribution is -2.26. The molecule has 1 saturated heterocycles. The van der Waals surface area contributed by atoms with Gasteiger partial charge >= 0.3 is 5.97 Å². The number of nitrogens with zero attached hydrogens (tertiary/aromatic N) is 2. The lowest BCUT2D eigenvalue weighted by Gasteiger charge is -2.22. The molecule has 0 radical (unpaired) electrons. The monoisotopic (exact) mass is 312 g/mol. The lowest BCUT2D eigenvalue weighted by atomic mass is 10.1. The van der Waals surface area contributed by atoms with Crippen LogP contribution in [0.4, 0.5) is 5.13 Å². The third kappa shape index (κ3) is 2.96. The SMILES string of the molecule is CC1(C)CCN(c2nc(C3CC3)c(C(=O)O)s2)CCS1. The van der Waals surface area contributed by atoms with E-state index >= 15 is 0 Å². The zero-order chi connectivity index (χ0) is 14.3. The maximum Gasteiger partial charge on any atom is 0.347 e. The summed E-state index contributed by atoms with van der Waals surface area (Å²) in [5.41, 5.74) is 0.827. The maximum atomic E-state index is 11.4. The van der Waals surface area contributed by atoms with Gasteiger partial charge in [-0.2, -0.15) is 11.8 Å². The highest BCUT2D eigenvalue weighted by atomic mass is 32.2. The van der Waals surface area contributed by atoms with Crippen LogP contribution in [0.2, 0.25) is 0 Å². The molecule has 0 bridgehead atoms. The van der Waals surface area contributed by atoms with Gasteiger partial charge in [-0.3, -0.25) is 0 Å². The first-order valence-electron chi connectivity index (χ1n) is 7.09. The molecule has 3 rings (SSSR count). The van der Waals surface area contributed by atoms with Gasteiger partial charge in [0, 0.05) is 29.5 Å². The summed E-state index contributed by atoms with van der Waals surface area (Å²) < 4.78 is 0.307. The van der Waals surface area contributed by atoms with Gasteiger partial charge in [-0.25, -0.2) is 9.78 Å². The average Bonchev–Trinajstić information content (AvgIpc) is 3.14. The summed E-state index contributed by atoms with van der Waals surface area (Å²) in [5.74, 6) is 0.650. The van der Waals surface area contributed by atoms with Crippen LogP contribution >= 0.6 is 23.1 Å². The second-order valence-electron chi connectivity index (χ2n) is 6.14. The molecule has 0 unspecified atom stereocenters. The zero-order valence-electron chi connectivity index (χ0n) is 11.9. The number of thiazole rings is 1. The minimum Gasteiger partial charge on any atom is -0.477 e. The zero-order valence-corrected chi connectivity index (χ0v) is 13.5. The van der Waals surface area contributed by atoms with Gasteiger partial charge < -0.3 is 10.0 Å². The van der Waals surface area contributed by atoms with Gasteiger partial charge in [-0.15, -0.1) is 0 Å². The summed E-state index contributed by atoms with van der Waals surface area (Å²) in [4.78, 5) is 18.8. The molecule has 1 aromatic heterocycles. The molecule has 2 heterocycles. The van der Waals surface area contributed by atoms with Crippen LogP contribution in [0, 0.1) is 0 Å². The molecule has 110 valence electrons. The van der Waals surface area contributed by atoms with E-state index in [4.69, 9.17) is 0 Å². The van der Waals surface area contributed by atoms with Crippen molar-refractivity contribution in [2.45, 2.75) is 43.8 Å². The molecule has 4 nitrogen and oxygen atoms in total. The molecule has 1 aromatic rings. The molecule has 0 amide bonds. The van der Waals surface area contributed by atoms with Crippen molar-refractivity contribution in [3.8, 4) is 0 Å². The number of carboxylic acids is 1. The summed E-state index contributed by atoms with van der Waals surface area (Å²) in [6.45, 7) is 6.49. The second-order valence-corrected chi connectivity index (χ2v) is 8.92. The lowest BCUT2D eigenvalue weighted by molar-refractivity contribution is 0.0700. The molecule has 1 saturated carbocycles. The van der Waals surface area contributed by atoms with Crippen LogP contribution in [0.25, 0.3) is 0 Å². The Hall–Kier alpha value is -0.750. The summed E-state index contributed by atoms with van der Waals surface area (Å²) in [6, 6.07) is 0. The van der Waals surface area contributed by atoms with Gasteiger partial charge in [0.15, 0.2) is 5.13 Å². The van der Waals surface area contributed by atoms with Crippen LogP contribution < -0.4 is 4.90 Å². The quantitative estimate of drug-likeness (QED) is 0.926. The molecule has 2 fully saturated rings. The van der Waals surface area contributed by atoms with Gasteiger partial charge in [-0.05, 0) is 19.3 Å². The predicted octanol–water partition coefficient (Wildman–Crippen LogP) is 3.44. The van der Waals surface area contributed by atoms with Crippen molar-refractivity contribution < 1.29 is 9.90 Å². The molecule has 1 N–H and O–H groups in total. The summed E-state index contributed by atoms with van der Waals surface area (Å²) in [6.07, 6.45) is 3.29. The fraction of sp³-hybridized carbons (Fsp3) is 0.714. The molecule has 2 aliphatic rings. The van der Waals surface area contributed by atoms with E-state index in [1.807, 2.05) is 11.8 Å². The van der Waals surface area contributed by atoms with E-state index in [-0.39, 0.29) is 0 Å². The molecular weight excluding hydrogens is 292 g/mol. The second kappa shape index (κ2) is 5.22. The van der Waals surface area contributed by atoms with Crippen molar-refractivity contribution in [1.29, 1.82) is 0 Å². The molecule has 0 atom stereocenters. The number of carboxylic acid groups (broad SMARTS) is 1. The highest BCUT2D eigenvalue weighted by Gasteiger charge is 2.33. The fourth-order valence-corrected chi connectivity index (χ4v) is 4.60. The highest BCUT2D eigenvalue weighted by Crippen LogP contribution is 2.44. The Bertz CT molecular complexity index is 523. The highest BCUT2D eigenvalue weighted by molar-refractivity contribution is 8.00. The molecule has 1 aliphatic carbocycles. The smallest absolute Gasteiger partial charge is 0.347 e. The number of thioether (sulfide) groups is 1. The predicted molar refractivity (Wildman–Crippen MR) is 84.4 cm³/mol. The van der Waals surface area contributed by atoms with Crippen LogP contribution in [0.1, 0.15) is 54.4 Å². The van der Waals surface area contributed by atoms with E-state index in [0.717, 1.165) is 48.9 Å². The van der Waals surface area contributed by atoms with Gasteiger partial charge in [0.05, 0.1) is 5.69 Å². The number of aromatic nitrogens is 1. The van der Waals surface area contributed by atoms with E-state index in [2.05, 4.69) is 23.7 Å². The molecule has 20 heavy (non-hydrogen) atoms. The van der Waals surface area contributed by atoms with E-state index in [9.17, 15) is 9.90 Å². The van der Waals surface area contributed by atoms with Crippen molar-refractivity contribution in [3.63, 3.8) is 0 Å². The van der Waals surface area contributed by atoms with Crippen molar-refractivity contribution in [2.75, 3.05) is 23.7 Å². The first kappa shape index (κ1) is 14.2. The Morgan fingerprint density at radius 1 is 1.40 bits per heavy atom. The summed E-state index contributed by atoms with van der Waals surface area (Å²) in [5, 5.41) is 10.2. The van der Waals surface area contributed by atoms with Gasteiger partial charge in [0.1, 0.15) is 4.88 Å². The average molecular weight is 312 g/mol. The van der Waals surface area contributed by atoms with Gasteiger partial charge in [-0.1, -0.05) is 25.2 Å². The van der Waals surface area contributed by atoms with E-state index in [1.165, 1.54) is 11.3 Å². The van der Waals surface area contributed by atoms with Crippen molar-refractivity contribution in [3.05, 3.63) is 10.6 Å². The van der Waals surface area contributed by atoms with E-state index in [1.54, 1.807) is 0 Å². The van der Waals surface area contributed by atoms with Crippen LogP contribution in [0.3, 0.4) is 0 Å². The number of anilines is 1. The van der Waals surface area contributed by atoms with Gasteiger partial charge in [0.25, 0.3) is 0 Å². The standard InChI is InChI=1S/C14H20N2O2S2/c1-14(2)5-6-16(7-8-19-14)13-15-10(9-3-4-9)11(20-13)12(17)18/h9H,3-8H2,1-2H3,(H,17,18). The minimum atomic E-state index is -0.819.